The second kappa shape index (κ2) is 6.64. The summed E-state index contributed by atoms with van der Waals surface area (Å²) in [5.74, 6) is 0.696. The largest absolute Gasteiger partial charge is 0.476 e. The van der Waals surface area contributed by atoms with Crippen molar-refractivity contribution in [1.82, 2.24) is 9.88 Å². The highest BCUT2D eigenvalue weighted by Gasteiger charge is 2.49. The van der Waals surface area contributed by atoms with Crippen LogP contribution in [0.15, 0.2) is 11.0 Å². The van der Waals surface area contributed by atoms with Crippen LogP contribution in [0.3, 0.4) is 0 Å². The smallest absolute Gasteiger partial charge is 0.236 e. The van der Waals surface area contributed by atoms with Gasteiger partial charge in [-0.2, -0.15) is 4.98 Å². The zero-order valence-corrected chi connectivity index (χ0v) is 15.9. The zero-order valence-electron chi connectivity index (χ0n) is 15.0. The van der Waals surface area contributed by atoms with Crippen molar-refractivity contribution >= 4 is 9.84 Å². The fraction of sp³-hybridized carbons (Fsp3) is 0.722. The molecule has 1 aromatic rings. The number of hydrogen-bond acceptors (Lipinski definition) is 6. The molecule has 2 fully saturated rings. The number of alkyl halides is 1. The first-order chi connectivity index (χ1) is 12.4. The predicted molar refractivity (Wildman–Crippen MR) is 94.3 cm³/mol. The Morgan fingerprint density at radius 1 is 1.35 bits per heavy atom. The lowest BCUT2D eigenvalue weighted by atomic mass is 10.1. The molecule has 0 N–H and O–H groups in total. The number of pyridine rings is 1. The second-order valence-corrected chi connectivity index (χ2v) is 9.71. The summed E-state index contributed by atoms with van der Waals surface area (Å²) in [5, 5.41) is 0. The Bertz CT molecular complexity index is 787. The maximum atomic E-state index is 13.2. The molecule has 0 bridgehead atoms. The van der Waals surface area contributed by atoms with E-state index in [0.29, 0.717) is 43.9 Å². The summed E-state index contributed by atoms with van der Waals surface area (Å²) in [5.41, 5.74) is 0.333. The average Bonchev–Trinajstić information content (AvgIpc) is 3.38. The summed E-state index contributed by atoms with van der Waals surface area (Å²) in [7, 11) is -3.38. The highest BCUT2D eigenvalue weighted by atomic mass is 32.2. The minimum atomic E-state index is -3.38. The third-order valence-electron chi connectivity index (χ3n) is 5.54. The summed E-state index contributed by atoms with van der Waals surface area (Å²) in [6, 6.07) is 1.61. The van der Waals surface area contributed by atoms with Gasteiger partial charge in [-0.25, -0.2) is 12.8 Å². The summed E-state index contributed by atoms with van der Waals surface area (Å²) >= 11 is 0. The van der Waals surface area contributed by atoms with Crippen LogP contribution in [0.5, 0.6) is 11.8 Å². The van der Waals surface area contributed by atoms with Gasteiger partial charge in [0.25, 0.3) is 0 Å². The molecule has 2 aliphatic heterocycles. The molecule has 1 saturated carbocycles. The molecule has 1 aliphatic carbocycles. The van der Waals surface area contributed by atoms with Crippen molar-refractivity contribution in [3.05, 3.63) is 11.6 Å². The van der Waals surface area contributed by atoms with Crippen LogP contribution in [0.2, 0.25) is 0 Å². The Morgan fingerprint density at radius 2 is 2.08 bits per heavy atom. The van der Waals surface area contributed by atoms with Crippen LogP contribution in [-0.4, -0.2) is 62.1 Å². The van der Waals surface area contributed by atoms with E-state index in [1.54, 1.807) is 13.0 Å². The lowest BCUT2D eigenvalue weighted by Gasteiger charge is -2.28. The van der Waals surface area contributed by atoms with Gasteiger partial charge in [-0.05, 0) is 38.7 Å². The van der Waals surface area contributed by atoms with E-state index >= 15 is 0 Å². The summed E-state index contributed by atoms with van der Waals surface area (Å²) in [6.45, 7) is 4.41. The van der Waals surface area contributed by atoms with Gasteiger partial charge in [-0.3, -0.25) is 4.90 Å². The molecule has 1 aromatic heterocycles. The zero-order chi connectivity index (χ0) is 18.4. The van der Waals surface area contributed by atoms with Crippen molar-refractivity contribution in [2.24, 2.45) is 0 Å². The maximum absolute atomic E-state index is 13.2. The SMILES string of the molecule is Cc1cc2c(nc1OCCN1CCC(F)CC1)OC1(CC1)CCS2(=O)=O. The molecule has 144 valence electrons. The first-order valence-electron chi connectivity index (χ1n) is 9.30. The molecular weight excluding hydrogens is 359 g/mol. The van der Waals surface area contributed by atoms with Crippen molar-refractivity contribution in [2.45, 2.75) is 55.7 Å². The molecule has 4 rings (SSSR count). The quantitative estimate of drug-likeness (QED) is 0.793. The molecule has 0 aromatic carbocycles. The van der Waals surface area contributed by atoms with Crippen molar-refractivity contribution in [1.29, 1.82) is 0 Å². The topological polar surface area (TPSA) is 68.7 Å². The van der Waals surface area contributed by atoms with E-state index in [2.05, 4.69) is 9.88 Å². The van der Waals surface area contributed by atoms with Gasteiger partial charge in [0.2, 0.25) is 11.8 Å². The van der Waals surface area contributed by atoms with Gasteiger partial charge in [0.05, 0.1) is 5.75 Å². The standard InChI is InChI=1S/C18H25FN2O4S/c1-13-12-15-17(25-18(4-5-18)6-11-26(15,22)23)20-16(13)24-10-9-21-7-2-14(19)3-8-21/h12,14H,2-11H2,1H3. The molecule has 0 radical (unpaired) electrons. The number of nitrogens with zero attached hydrogens (tertiary/aromatic N) is 2. The number of fused-ring (bicyclic) bond motifs is 1. The molecule has 1 saturated heterocycles. The predicted octanol–water partition coefficient (Wildman–Crippen LogP) is 2.29. The highest BCUT2D eigenvalue weighted by molar-refractivity contribution is 7.91. The van der Waals surface area contributed by atoms with Gasteiger partial charge >= 0.3 is 0 Å². The molecule has 0 amide bonds. The Kier molecular flexibility index (Phi) is 4.59. The average molecular weight is 384 g/mol. The monoisotopic (exact) mass is 384 g/mol. The van der Waals surface area contributed by atoms with Crippen LogP contribution in [0.1, 0.15) is 37.7 Å². The Hall–Kier alpha value is -1.41. The number of ether oxygens (including phenoxy) is 2. The highest BCUT2D eigenvalue weighted by Crippen LogP contribution is 2.47. The Morgan fingerprint density at radius 3 is 2.77 bits per heavy atom. The number of halogens is 1. The lowest BCUT2D eigenvalue weighted by Crippen LogP contribution is -2.37. The van der Waals surface area contributed by atoms with E-state index in [0.717, 1.165) is 25.9 Å². The first-order valence-corrected chi connectivity index (χ1v) is 10.9. The Balaban J connectivity index is 1.47. The third-order valence-corrected chi connectivity index (χ3v) is 7.25. The van der Waals surface area contributed by atoms with Crippen molar-refractivity contribution in [3.8, 4) is 11.8 Å². The summed E-state index contributed by atoms with van der Waals surface area (Å²) < 4.78 is 50.0. The van der Waals surface area contributed by atoms with Crippen LogP contribution < -0.4 is 9.47 Å². The summed E-state index contributed by atoms with van der Waals surface area (Å²) in [4.78, 5) is 6.75. The number of aromatic nitrogens is 1. The van der Waals surface area contributed by atoms with E-state index in [-0.39, 0.29) is 22.1 Å². The van der Waals surface area contributed by atoms with Crippen molar-refractivity contribution < 1.29 is 22.3 Å². The first kappa shape index (κ1) is 18.0. The number of aryl methyl sites for hydroxylation is 1. The molecule has 6 nitrogen and oxygen atoms in total. The van der Waals surface area contributed by atoms with E-state index in [4.69, 9.17) is 9.47 Å². The number of hydrogen-bond donors (Lipinski definition) is 0. The van der Waals surface area contributed by atoms with Gasteiger partial charge in [0, 0.05) is 31.6 Å². The van der Waals surface area contributed by atoms with Gasteiger partial charge in [0.1, 0.15) is 23.3 Å². The fourth-order valence-electron chi connectivity index (χ4n) is 3.57. The maximum Gasteiger partial charge on any atom is 0.236 e. The van der Waals surface area contributed by atoms with Gasteiger partial charge in [0.15, 0.2) is 9.84 Å². The van der Waals surface area contributed by atoms with Crippen LogP contribution in [0, 0.1) is 6.92 Å². The minimum Gasteiger partial charge on any atom is -0.476 e. The molecule has 8 heteroatoms. The molecule has 0 unspecified atom stereocenters. The molecule has 1 spiro atoms. The number of sulfone groups is 1. The number of rotatable bonds is 4. The van der Waals surface area contributed by atoms with Gasteiger partial charge in [-0.15, -0.1) is 0 Å². The van der Waals surface area contributed by atoms with Crippen LogP contribution in [0.25, 0.3) is 0 Å². The van der Waals surface area contributed by atoms with Gasteiger partial charge in [-0.1, -0.05) is 0 Å². The van der Waals surface area contributed by atoms with Crippen molar-refractivity contribution in [3.63, 3.8) is 0 Å². The van der Waals surface area contributed by atoms with Crippen molar-refractivity contribution in [2.75, 3.05) is 32.0 Å². The van der Waals surface area contributed by atoms with E-state index < -0.39 is 16.0 Å². The Labute approximate surface area is 153 Å². The van der Waals surface area contributed by atoms with E-state index in [1.165, 1.54) is 0 Å². The second-order valence-electron chi connectivity index (χ2n) is 7.63. The van der Waals surface area contributed by atoms with E-state index in [9.17, 15) is 12.8 Å². The summed E-state index contributed by atoms with van der Waals surface area (Å²) in [6.07, 6.45) is 2.73. The van der Waals surface area contributed by atoms with Gasteiger partial charge < -0.3 is 9.47 Å². The lowest BCUT2D eigenvalue weighted by molar-refractivity contribution is 0.129. The normalized spacial score (nSPS) is 24.5. The van der Waals surface area contributed by atoms with E-state index in [1.807, 2.05) is 0 Å². The minimum absolute atomic E-state index is 0.103. The molecule has 26 heavy (non-hydrogen) atoms. The third kappa shape index (κ3) is 3.67. The number of piperidine rings is 1. The number of likely N-dealkylation sites (tertiary alicyclic amines) is 1. The van der Waals surface area contributed by atoms with Crippen LogP contribution in [0.4, 0.5) is 4.39 Å². The molecular formula is C18H25FN2O4S. The van der Waals surface area contributed by atoms with Crippen LogP contribution >= 0.6 is 0 Å². The molecule has 0 atom stereocenters. The molecule has 3 heterocycles. The van der Waals surface area contributed by atoms with Crippen LogP contribution in [-0.2, 0) is 9.84 Å². The molecule has 3 aliphatic rings. The fourth-order valence-corrected chi connectivity index (χ4v) is 5.14.